The largest absolute Gasteiger partial charge is 0.383 e. The molecule has 2 saturated heterocycles. The van der Waals surface area contributed by atoms with Gasteiger partial charge in [0.05, 0.1) is 18.3 Å². The first-order valence-corrected chi connectivity index (χ1v) is 8.24. The van der Waals surface area contributed by atoms with Crippen LogP contribution in [0.15, 0.2) is 6.20 Å². The summed E-state index contributed by atoms with van der Waals surface area (Å²) in [6.45, 7) is 7.46. The van der Waals surface area contributed by atoms with Gasteiger partial charge in [-0.25, -0.2) is 4.98 Å². The van der Waals surface area contributed by atoms with Gasteiger partial charge in [0, 0.05) is 31.9 Å². The van der Waals surface area contributed by atoms with Crippen LogP contribution in [0.4, 0.5) is 5.95 Å². The van der Waals surface area contributed by atoms with Crippen LogP contribution in [-0.2, 0) is 4.74 Å². The fourth-order valence-electron chi connectivity index (χ4n) is 3.86. The molecule has 0 aromatic carbocycles. The first kappa shape index (κ1) is 14.9. The summed E-state index contributed by atoms with van der Waals surface area (Å²) in [5, 5.41) is 3.72. The van der Waals surface area contributed by atoms with Crippen molar-refractivity contribution in [2.75, 3.05) is 32.1 Å². The molecule has 0 amide bonds. The number of nitrogens with zero attached hydrogens (tertiary/aromatic N) is 3. The van der Waals surface area contributed by atoms with Crippen LogP contribution in [0.3, 0.4) is 0 Å². The first-order chi connectivity index (χ1) is 10.2. The third kappa shape index (κ3) is 3.09. The van der Waals surface area contributed by atoms with Gasteiger partial charge in [-0.3, -0.25) is 4.90 Å². The molecule has 0 spiro atoms. The number of aromatic nitrogens is 2. The lowest BCUT2D eigenvalue weighted by molar-refractivity contribution is 0.162. The Balaban J connectivity index is 1.72. The van der Waals surface area contributed by atoms with Crippen LogP contribution in [0.2, 0.25) is 0 Å². The van der Waals surface area contributed by atoms with E-state index < -0.39 is 0 Å². The molecule has 3 rings (SSSR count). The number of anilines is 1. The van der Waals surface area contributed by atoms with Crippen LogP contribution >= 0.6 is 0 Å². The number of imidazole rings is 1. The van der Waals surface area contributed by atoms with Crippen LogP contribution < -0.4 is 5.32 Å². The lowest BCUT2D eigenvalue weighted by Crippen LogP contribution is -2.42. The second kappa shape index (κ2) is 6.36. The zero-order valence-electron chi connectivity index (χ0n) is 13.5. The molecule has 0 saturated carbocycles. The standard InChI is InChI=1S/C16H28N4O/c1-12-10-20(13(2)11-21-3)16(17-12)18-14-7-9-19-8-5-4-6-15(14)19/h10,13-15H,4-9,11H2,1-3H3,(H,17,18). The van der Waals surface area contributed by atoms with Gasteiger partial charge in [0.25, 0.3) is 0 Å². The molecular weight excluding hydrogens is 264 g/mol. The minimum absolute atomic E-state index is 0.308. The summed E-state index contributed by atoms with van der Waals surface area (Å²) in [5.41, 5.74) is 1.07. The third-order valence-electron chi connectivity index (χ3n) is 4.91. The summed E-state index contributed by atoms with van der Waals surface area (Å²) < 4.78 is 7.52. The van der Waals surface area contributed by atoms with Gasteiger partial charge >= 0.3 is 0 Å². The normalized spacial score (nSPS) is 27.6. The Morgan fingerprint density at radius 2 is 2.24 bits per heavy atom. The predicted molar refractivity (Wildman–Crippen MR) is 84.8 cm³/mol. The zero-order chi connectivity index (χ0) is 14.8. The Hall–Kier alpha value is -1.07. The van der Waals surface area contributed by atoms with Crippen molar-refractivity contribution in [2.45, 2.75) is 57.7 Å². The number of fused-ring (bicyclic) bond motifs is 1. The minimum atomic E-state index is 0.308. The quantitative estimate of drug-likeness (QED) is 0.905. The van der Waals surface area contributed by atoms with Gasteiger partial charge < -0.3 is 14.6 Å². The third-order valence-corrected chi connectivity index (χ3v) is 4.91. The summed E-state index contributed by atoms with van der Waals surface area (Å²) in [7, 11) is 1.75. The van der Waals surface area contributed by atoms with E-state index in [0.29, 0.717) is 24.7 Å². The highest BCUT2D eigenvalue weighted by molar-refractivity contribution is 5.32. The zero-order valence-corrected chi connectivity index (χ0v) is 13.5. The monoisotopic (exact) mass is 292 g/mol. The van der Waals surface area contributed by atoms with Gasteiger partial charge in [-0.05, 0) is 39.7 Å². The van der Waals surface area contributed by atoms with Crippen LogP contribution in [0.25, 0.3) is 0 Å². The minimum Gasteiger partial charge on any atom is -0.383 e. The SMILES string of the molecule is COCC(C)n1cc(C)nc1NC1CCN2CCCCC12. The van der Waals surface area contributed by atoms with E-state index in [1.54, 1.807) is 7.11 Å². The van der Waals surface area contributed by atoms with Gasteiger partial charge in [-0.1, -0.05) is 6.42 Å². The van der Waals surface area contributed by atoms with Crippen molar-refractivity contribution >= 4 is 5.95 Å². The maximum absolute atomic E-state index is 5.29. The van der Waals surface area contributed by atoms with Gasteiger partial charge in [-0.2, -0.15) is 0 Å². The Morgan fingerprint density at radius 1 is 1.38 bits per heavy atom. The predicted octanol–water partition coefficient (Wildman–Crippen LogP) is 2.44. The molecule has 1 aromatic rings. The lowest BCUT2D eigenvalue weighted by atomic mass is 9.99. The molecule has 5 heteroatoms. The van der Waals surface area contributed by atoms with Crippen LogP contribution in [0.5, 0.6) is 0 Å². The molecule has 1 aromatic heterocycles. The van der Waals surface area contributed by atoms with E-state index in [9.17, 15) is 0 Å². The second-order valence-corrected chi connectivity index (χ2v) is 6.56. The first-order valence-electron chi connectivity index (χ1n) is 8.24. The molecular formula is C16H28N4O. The molecule has 3 heterocycles. The van der Waals surface area contributed by atoms with Crippen molar-refractivity contribution in [3.05, 3.63) is 11.9 Å². The Morgan fingerprint density at radius 3 is 3.05 bits per heavy atom. The van der Waals surface area contributed by atoms with Crippen LogP contribution in [0.1, 0.15) is 44.3 Å². The summed E-state index contributed by atoms with van der Waals surface area (Å²) in [5.74, 6) is 1.01. The lowest BCUT2D eigenvalue weighted by Gasteiger charge is -2.33. The number of aryl methyl sites for hydroxylation is 1. The van der Waals surface area contributed by atoms with Crippen molar-refractivity contribution in [3.8, 4) is 0 Å². The highest BCUT2D eigenvalue weighted by Crippen LogP contribution is 2.29. The molecule has 1 N–H and O–H groups in total. The molecule has 21 heavy (non-hydrogen) atoms. The van der Waals surface area contributed by atoms with E-state index >= 15 is 0 Å². The highest BCUT2D eigenvalue weighted by Gasteiger charge is 2.36. The van der Waals surface area contributed by atoms with Crippen LogP contribution in [-0.4, -0.2) is 53.3 Å². The van der Waals surface area contributed by atoms with Crippen molar-refractivity contribution < 1.29 is 4.74 Å². The molecule has 3 unspecified atom stereocenters. The number of methoxy groups -OCH3 is 1. The van der Waals surface area contributed by atoms with Crippen molar-refractivity contribution in [1.82, 2.24) is 14.5 Å². The molecule has 3 atom stereocenters. The molecule has 118 valence electrons. The van der Waals surface area contributed by atoms with E-state index in [-0.39, 0.29) is 0 Å². The summed E-state index contributed by atoms with van der Waals surface area (Å²) in [4.78, 5) is 7.35. The Bertz CT molecular complexity index is 473. The van der Waals surface area contributed by atoms with Gasteiger partial charge in [0.2, 0.25) is 5.95 Å². The number of ether oxygens (including phenoxy) is 1. The Kier molecular flexibility index (Phi) is 4.50. The van der Waals surface area contributed by atoms with Crippen molar-refractivity contribution in [2.24, 2.45) is 0 Å². The van der Waals surface area contributed by atoms with Crippen LogP contribution in [0, 0.1) is 6.92 Å². The summed E-state index contributed by atoms with van der Waals surface area (Å²) >= 11 is 0. The van der Waals surface area contributed by atoms with E-state index in [1.807, 2.05) is 0 Å². The molecule has 0 radical (unpaired) electrons. The maximum Gasteiger partial charge on any atom is 0.203 e. The average molecular weight is 292 g/mol. The second-order valence-electron chi connectivity index (χ2n) is 6.56. The summed E-state index contributed by atoms with van der Waals surface area (Å²) in [6, 6.07) is 1.55. The number of piperidine rings is 1. The fourth-order valence-corrected chi connectivity index (χ4v) is 3.86. The smallest absolute Gasteiger partial charge is 0.203 e. The maximum atomic E-state index is 5.29. The van der Waals surface area contributed by atoms with Gasteiger partial charge in [0.1, 0.15) is 0 Å². The Labute approximate surface area is 127 Å². The van der Waals surface area contributed by atoms with E-state index in [0.717, 1.165) is 11.6 Å². The topological polar surface area (TPSA) is 42.3 Å². The molecule has 0 bridgehead atoms. The summed E-state index contributed by atoms with van der Waals surface area (Å²) in [6.07, 6.45) is 7.41. The average Bonchev–Trinajstić information content (AvgIpc) is 3.04. The molecule has 2 aliphatic heterocycles. The van der Waals surface area contributed by atoms with Gasteiger partial charge in [-0.15, -0.1) is 0 Å². The number of nitrogens with one attached hydrogen (secondary N) is 1. The number of hydrogen-bond acceptors (Lipinski definition) is 4. The van der Waals surface area contributed by atoms with E-state index in [1.165, 1.54) is 38.8 Å². The molecule has 0 aliphatic carbocycles. The molecule has 2 fully saturated rings. The molecule has 5 nitrogen and oxygen atoms in total. The molecule has 2 aliphatic rings. The van der Waals surface area contributed by atoms with Gasteiger partial charge in [0.15, 0.2) is 0 Å². The van der Waals surface area contributed by atoms with E-state index in [4.69, 9.17) is 9.72 Å². The number of hydrogen-bond donors (Lipinski definition) is 1. The van der Waals surface area contributed by atoms with Crippen molar-refractivity contribution in [3.63, 3.8) is 0 Å². The highest BCUT2D eigenvalue weighted by atomic mass is 16.5. The van der Waals surface area contributed by atoms with E-state index in [2.05, 4.69) is 34.8 Å². The van der Waals surface area contributed by atoms with Crippen molar-refractivity contribution in [1.29, 1.82) is 0 Å². The fraction of sp³-hybridized carbons (Fsp3) is 0.812. The number of rotatable bonds is 5.